The summed E-state index contributed by atoms with van der Waals surface area (Å²) in [6.45, 7) is 2.53. The highest BCUT2D eigenvalue weighted by Gasteiger charge is 2.24. The standard InChI is InChI=1S/C20H25N3O2/c1-22-14-11-19(21-22)18(16-7-3-2-4-8-16)10-6-13-23-12-5-9-17(15-23)20(24)25/h2-4,7-8,10-11,14,17H,5-6,9,12-13,15H2,1H3,(H,24,25)/b18-10+. The Morgan fingerprint density at radius 1 is 1.32 bits per heavy atom. The van der Waals surface area contributed by atoms with Crippen molar-refractivity contribution in [2.45, 2.75) is 19.3 Å². The molecule has 0 amide bonds. The molecule has 132 valence electrons. The highest BCUT2D eigenvalue weighted by Crippen LogP contribution is 2.23. The first kappa shape index (κ1) is 17.4. The highest BCUT2D eigenvalue weighted by atomic mass is 16.4. The Kier molecular flexibility index (Phi) is 5.66. The number of likely N-dealkylation sites (tertiary alicyclic amines) is 1. The summed E-state index contributed by atoms with van der Waals surface area (Å²) in [5.74, 6) is -0.888. The lowest BCUT2D eigenvalue weighted by Gasteiger charge is -2.30. The molecule has 2 aromatic rings. The SMILES string of the molecule is Cn1ccc(/C(=C/CCN2CCCC(C(=O)O)C2)c2ccccc2)n1. The van der Waals surface area contributed by atoms with E-state index in [2.05, 4.69) is 28.2 Å². The summed E-state index contributed by atoms with van der Waals surface area (Å²) in [6, 6.07) is 12.3. The van der Waals surface area contributed by atoms with Gasteiger partial charge in [-0.2, -0.15) is 5.10 Å². The third-order valence-electron chi connectivity index (χ3n) is 4.72. The zero-order valence-electron chi connectivity index (χ0n) is 14.6. The van der Waals surface area contributed by atoms with Crippen molar-refractivity contribution in [2.24, 2.45) is 13.0 Å². The fraction of sp³-hybridized carbons (Fsp3) is 0.400. The molecule has 1 unspecified atom stereocenters. The number of aromatic nitrogens is 2. The van der Waals surface area contributed by atoms with Crippen molar-refractivity contribution in [1.82, 2.24) is 14.7 Å². The van der Waals surface area contributed by atoms with Gasteiger partial charge in [0.2, 0.25) is 0 Å². The van der Waals surface area contributed by atoms with Crippen molar-refractivity contribution in [3.8, 4) is 0 Å². The molecular weight excluding hydrogens is 314 g/mol. The Labute approximate surface area is 148 Å². The zero-order valence-corrected chi connectivity index (χ0v) is 14.6. The lowest BCUT2D eigenvalue weighted by atomic mass is 9.98. The highest BCUT2D eigenvalue weighted by molar-refractivity contribution is 5.77. The van der Waals surface area contributed by atoms with E-state index in [1.807, 2.05) is 42.2 Å². The van der Waals surface area contributed by atoms with Crippen LogP contribution in [-0.2, 0) is 11.8 Å². The second kappa shape index (κ2) is 8.12. The van der Waals surface area contributed by atoms with E-state index in [0.29, 0.717) is 6.54 Å². The Bertz CT molecular complexity index is 736. The van der Waals surface area contributed by atoms with Crippen molar-refractivity contribution in [1.29, 1.82) is 0 Å². The maximum Gasteiger partial charge on any atom is 0.307 e. The van der Waals surface area contributed by atoms with E-state index in [1.54, 1.807) is 0 Å². The third kappa shape index (κ3) is 4.57. The van der Waals surface area contributed by atoms with Gasteiger partial charge in [-0.1, -0.05) is 36.4 Å². The van der Waals surface area contributed by atoms with Crippen LogP contribution in [0.4, 0.5) is 0 Å². The quantitative estimate of drug-likeness (QED) is 0.879. The summed E-state index contributed by atoms with van der Waals surface area (Å²) in [7, 11) is 1.92. The lowest BCUT2D eigenvalue weighted by Crippen LogP contribution is -2.39. The zero-order chi connectivity index (χ0) is 17.6. The number of piperidine rings is 1. The Hall–Kier alpha value is -2.40. The molecule has 5 heteroatoms. The molecule has 1 atom stereocenters. The molecule has 5 nitrogen and oxygen atoms in total. The second-order valence-corrected chi connectivity index (χ2v) is 6.63. The number of aliphatic carboxylic acids is 1. The summed E-state index contributed by atoms with van der Waals surface area (Å²) in [5, 5.41) is 13.8. The number of rotatable bonds is 6. The first-order valence-electron chi connectivity index (χ1n) is 8.84. The van der Waals surface area contributed by atoms with Gasteiger partial charge < -0.3 is 10.0 Å². The molecule has 25 heavy (non-hydrogen) atoms. The topological polar surface area (TPSA) is 58.4 Å². The fourth-order valence-electron chi connectivity index (χ4n) is 3.40. The van der Waals surface area contributed by atoms with Crippen molar-refractivity contribution >= 4 is 11.5 Å². The summed E-state index contributed by atoms with van der Waals surface area (Å²) >= 11 is 0. The molecule has 1 N–H and O–H groups in total. The van der Waals surface area contributed by atoms with Crippen LogP contribution in [0.2, 0.25) is 0 Å². The summed E-state index contributed by atoms with van der Waals surface area (Å²) in [6.07, 6.45) is 6.82. The van der Waals surface area contributed by atoms with Gasteiger partial charge in [-0.3, -0.25) is 9.48 Å². The van der Waals surface area contributed by atoms with Gasteiger partial charge in [0.05, 0.1) is 11.6 Å². The Morgan fingerprint density at radius 2 is 2.12 bits per heavy atom. The van der Waals surface area contributed by atoms with E-state index in [0.717, 1.165) is 49.2 Å². The largest absolute Gasteiger partial charge is 0.481 e. The lowest BCUT2D eigenvalue weighted by molar-refractivity contribution is -0.143. The molecule has 1 aromatic carbocycles. The molecule has 1 aliphatic rings. The summed E-state index contributed by atoms with van der Waals surface area (Å²) < 4.78 is 1.81. The Balaban J connectivity index is 1.70. The molecule has 1 aromatic heterocycles. The van der Waals surface area contributed by atoms with Crippen molar-refractivity contribution in [3.63, 3.8) is 0 Å². The summed E-state index contributed by atoms with van der Waals surface area (Å²) in [4.78, 5) is 13.5. The smallest absolute Gasteiger partial charge is 0.307 e. The van der Waals surface area contributed by atoms with Crippen LogP contribution in [0.5, 0.6) is 0 Å². The normalized spacial score (nSPS) is 19.1. The van der Waals surface area contributed by atoms with Gasteiger partial charge in [0.25, 0.3) is 0 Å². The molecular formula is C20H25N3O2. The Morgan fingerprint density at radius 3 is 2.80 bits per heavy atom. The minimum absolute atomic E-state index is 0.220. The van der Waals surface area contributed by atoms with Crippen molar-refractivity contribution in [2.75, 3.05) is 19.6 Å². The first-order valence-corrected chi connectivity index (χ1v) is 8.84. The number of carbonyl (C=O) groups is 1. The van der Waals surface area contributed by atoms with Crippen molar-refractivity contribution < 1.29 is 9.90 Å². The summed E-state index contributed by atoms with van der Waals surface area (Å²) in [5.41, 5.74) is 3.26. The second-order valence-electron chi connectivity index (χ2n) is 6.63. The number of nitrogens with zero attached hydrogens (tertiary/aromatic N) is 3. The first-order chi connectivity index (χ1) is 12.1. The van der Waals surface area contributed by atoms with Crippen LogP contribution < -0.4 is 0 Å². The fourth-order valence-corrected chi connectivity index (χ4v) is 3.40. The van der Waals surface area contributed by atoms with Crippen LogP contribution in [-0.4, -0.2) is 45.4 Å². The van der Waals surface area contributed by atoms with Crippen LogP contribution >= 0.6 is 0 Å². The predicted molar refractivity (Wildman–Crippen MR) is 98.1 cm³/mol. The van der Waals surface area contributed by atoms with E-state index in [1.165, 1.54) is 0 Å². The number of hydrogen-bond acceptors (Lipinski definition) is 3. The van der Waals surface area contributed by atoms with Gasteiger partial charge in [0, 0.05) is 31.9 Å². The number of carboxylic acids is 1. The van der Waals surface area contributed by atoms with Gasteiger partial charge in [0.1, 0.15) is 0 Å². The molecule has 0 aliphatic carbocycles. The molecule has 0 radical (unpaired) electrons. The van der Waals surface area contributed by atoms with E-state index >= 15 is 0 Å². The van der Waals surface area contributed by atoms with Gasteiger partial charge in [-0.25, -0.2) is 0 Å². The van der Waals surface area contributed by atoms with E-state index < -0.39 is 5.97 Å². The molecule has 1 fully saturated rings. The molecule has 0 saturated carbocycles. The number of aryl methyl sites for hydroxylation is 1. The predicted octanol–water partition coefficient (Wildman–Crippen LogP) is 3.04. The third-order valence-corrected chi connectivity index (χ3v) is 4.72. The van der Waals surface area contributed by atoms with E-state index in [-0.39, 0.29) is 5.92 Å². The minimum Gasteiger partial charge on any atom is -0.481 e. The molecule has 1 aliphatic heterocycles. The van der Waals surface area contributed by atoms with E-state index in [4.69, 9.17) is 0 Å². The van der Waals surface area contributed by atoms with Crippen LogP contribution in [0, 0.1) is 5.92 Å². The van der Waals surface area contributed by atoms with Crippen molar-refractivity contribution in [3.05, 3.63) is 59.9 Å². The van der Waals surface area contributed by atoms with Gasteiger partial charge in [0.15, 0.2) is 0 Å². The molecule has 1 saturated heterocycles. The minimum atomic E-state index is -0.668. The number of benzene rings is 1. The maximum atomic E-state index is 11.2. The van der Waals surface area contributed by atoms with Crippen LogP contribution in [0.25, 0.3) is 5.57 Å². The van der Waals surface area contributed by atoms with E-state index in [9.17, 15) is 9.90 Å². The molecule has 2 heterocycles. The van der Waals surface area contributed by atoms with Gasteiger partial charge in [-0.15, -0.1) is 0 Å². The molecule has 3 rings (SSSR count). The molecule has 0 spiro atoms. The van der Waals surface area contributed by atoms with Gasteiger partial charge in [-0.05, 0) is 37.4 Å². The maximum absolute atomic E-state index is 11.2. The molecule has 0 bridgehead atoms. The monoisotopic (exact) mass is 339 g/mol. The average molecular weight is 339 g/mol. The van der Waals surface area contributed by atoms with Crippen LogP contribution in [0.1, 0.15) is 30.5 Å². The average Bonchev–Trinajstić information content (AvgIpc) is 3.06. The number of hydrogen-bond donors (Lipinski definition) is 1. The van der Waals surface area contributed by atoms with Gasteiger partial charge >= 0.3 is 5.97 Å². The van der Waals surface area contributed by atoms with Crippen LogP contribution in [0.15, 0.2) is 48.7 Å². The van der Waals surface area contributed by atoms with Crippen LogP contribution in [0.3, 0.4) is 0 Å². The number of carboxylic acid groups (broad SMARTS) is 1.